The average molecular weight is 612 g/mol. The first-order chi connectivity index (χ1) is 20.8. The van der Waals surface area contributed by atoms with Crippen LogP contribution in [-0.4, -0.2) is 61.1 Å². The Morgan fingerprint density at radius 3 is 2.40 bits per heavy atom. The highest BCUT2D eigenvalue weighted by molar-refractivity contribution is 6.30. The van der Waals surface area contributed by atoms with Gasteiger partial charge in [-0.2, -0.15) is 0 Å². The Hall–Kier alpha value is -3.59. The molecule has 2 aliphatic rings. The van der Waals surface area contributed by atoms with Crippen LogP contribution in [0.4, 0.5) is 4.79 Å². The molecule has 43 heavy (non-hydrogen) atoms. The summed E-state index contributed by atoms with van der Waals surface area (Å²) in [6.45, 7) is 1.20. The van der Waals surface area contributed by atoms with E-state index in [9.17, 15) is 19.2 Å². The van der Waals surface area contributed by atoms with E-state index in [1.807, 2.05) is 35.2 Å². The first-order valence-electron chi connectivity index (χ1n) is 15.2. The number of nitrogens with zero attached hydrogens (tertiary/aromatic N) is 1. The van der Waals surface area contributed by atoms with Gasteiger partial charge in [-0.15, -0.1) is 0 Å². The fourth-order valence-electron chi connectivity index (χ4n) is 6.01. The van der Waals surface area contributed by atoms with Crippen molar-refractivity contribution in [1.82, 2.24) is 15.5 Å². The molecular formula is C33H42ClN3O6. The highest BCUT2D eigenvalue weighted by Crippen LogP contribution is 2.28. The van der Waals surface area contributed by atoms with Crippen LogP contribution < -0.4 is 10.6 Å². The fourth-order valence-corrected chi connectivity index (χ4v) is 6.23. The second-order valence-corrected chi connectivity index (χ2v) is 11.9. The molecule has 0 radical (unpaired) electrons. The van der Waals surface area contributed by atoms with Crippen molar-refractivity contribution >= 4 is 35.5 Å². The van der Waals surface area contributed by atoms with Gasteiger partial charge in [-0.3, -0.25) is 9.59 Å². The molecule has 9 nitrogen and oxygen atoms in total. The van der Waals surface area contributed by atoms with Crippen molar-refractivity contribution in [2.75, 3.05) is 20.2 Å². The van der Waals surface area contributed by atoms with E-state index in [-0.39, 0.29) is 24.9 Å². The van der Waals surface area contributed by atoms with Crippen LogP contribution in [0, 0.1) is 11.8 Å². The molecule has 1 aliphatic heterocycles. The van der Waals surface area contributed by atoms with Gasteiger partial charge in [0, 0.05) is 24.0 Å². The Balaban J connectivity index is 1.37. The van der Waals surface area contributed by atoms with Gasteiger partial charge in [0.1, 0.15) is 18.7 Å². The maximum Gasteiger partial charge on any atom is 0.408 e. The molecule has 1 aliphatic carbocycles. The minimum atomic E-state index is -1.02. The van der Waals surface area contributed by atoms with Crippen LogP contribution in [-0.2, 0) is 36.9 Å². The first kappa shape index (κ1) is 32.3. The molecule has 2 unspecified atom stereocenters. The largest absolute Gasteiger partial charge is 0.467 e. The fraction of sp³-hybridized carbons (Fsp3) is 0.515. The smallest absolute Gasteiger partial charge is 0.408 e. The molecule has 2 aromatic carbocycles. The number of amides is 3. The molecule has 3 amide bonds. The number of likely N-dealkylation sites (tertiary alicyclic amines) is 1. The van der Waals surface area contributed by atoms with Crippen molar-refractivity contribution in [2.24, 2.45) is 11.8 Å². The summed E-state index contributed by atoms with van der Waals surface area (Å²) in [6, 6.07) is 15.1. The lowest BCUT2D eigenvalue weighted by atomic mass is 9.84. The van der Waals surface area contributed by atoms with E-state index < -0.39 is 36.0 Å². The summed E-state index contributed by atoms with van der Waals surface area (Å²) >= 11 is 6.03. The number of carbonyl (C=O) groups excluding carboxylic acids is 4. The summed E-state index contributed by atoms with van der Waals surface area (Å²) in [6.07, 6.45) is 6.43. The molecule has 2 N–H and O–H groups in total. The first-order valence-corrected chi connectivity index (χ1v) is 15.6. The van der Waals surface area contributed by atoms with Crippen LogP contribution in [0.3, 0.4) is 0 Å². The van der Waals surface area contributed by atoms with Gasteiger partial charge in [0.25, 0.3) is 0 Å². The van der Waals surface area contributed by atoms with Crippen molar-refractivity contribution in [3.63, 3.8) is 0 Å². The van der Waals surface area contributed by atoms with Crippen molar-refractivity contribution in [3.8, 4) is 0 Å². The molecular weight excluding hydrogens is 570 g/mol. The number of alkyl carbamates (subject to hydrolysis) is 1. The van der Waals surface area contributed by atoms with Crippen LogP contribution in [0.15, 0.2) is 54.6 Å². The molecule has 1 heterocycles. The zero-order valence-corrected chi connectivity index (χ0v) is 25.5. The molecule has 10 heteroatoms. The molecule has 3 atom stereocenters. The average Bonchev–Trinajstić information content (AvgIpc) is 3.37. The molecule has 0 bridgehead atoms. The summed E-state index contributed by atoms with van der Waals surface area (Å²) in [4.78, 5) is 54.1. The highest BCUT2D eigenvalue weighted by atomic mass is 35.5. The second kappa shape index (κ2) is 16.3. The van der Waals surface area contributed by atoms with Crippen LogP contribution in [0.5, 0.6) is 0 Å². The van der Waals surface area contributed by atoms with E-state index in [0.29, 0.717) is 31.0 Å². The van der Waals surface area contributed by atoms with E-state index in [1.54, 1.807) is 24.3 Å². The van der Waals surface area contributed by atoms with Gasteiger partial charge in [-0.05, 0) is 54.9 Å². The Bertz CT molecular complexity index is 1240. The maximum atomic E-state index is 13.6. The van der Waals surface area contributed by atoms with E-state index in [0.717, 1.165) is 49.7 Å². The zero-order chi connectivity index (χ0) is 30.6. The summed E-state index contributed by atoms with van der Waals surface area (Å²) < 4.78 is 10.4. The van der Waals surface area contributed by atoms with Crippen molar-refractivity contribution in [2.45, 2.75) is 76.5 Å². The van der Waals surface area contributed by atoms with Crippen molar-refractivity contribution < 1.29 is 28.7 Å². The lowest BCUT2D eigenvalue weighted by Crippen LogP contribution is -2.53. The minimum absolute atomic E-state index is 0.000486. The number of halogens is 1. The van der Waals surface area contributed by atoms with Crippen LogP contribution in [0.2, 0.25) is 5.02 Å². The van der Waals surface area contributed by atoms with Gasteiger partial charge >= 0.3 is 12.1 Å². The molecule has 2 fully saturated rings. The molecule has 0 spiro atoms. The second-order valence-electron chi connectivity index (χ2n) is 11.5. The predicted octanol–water partition coefficient (Wildman–Crippen LogP) is 5.04. The number of carbonyl (C=O) groups is 4. The van der Waals surface area contributed by atoms with Gasteiger partial charge in [0.15, 0.2) is 0 Å². The number of esters is 1. The monoisotopic (exact) mass is 611 g/mol. The number of ether oxygens (including phenoxy) is 2. The van der Waals surface area contributed by atoms with Crippen molar-refractivity contribution in [1.29, 1.82) is 0 Å². The SMILES string of the molecule is COC(=O)C(CC1CCN(CCc2ccccc2)C1=O)NC(=O)[C@H](CC1CCCCC1)NC(=O)OCc1cccc(Cl)c1. The molecule has 2 aromatic rings. The van der Waals surface area contributed by atoms with Crippen molar-refractivity contribution in [3.05, 3.63) is 70.7 Å². The summed E-state index contributed by atoms with van der Waals surface area (Å²) in [7, 11) is 1.26. The van der Waals surface area contributed by atoms with Gasteiger partial charge in [0.05, 0.1) is 7.11 Å². The predicted molar refractivity (Wildman–Crippen MR) is 163 cm³/mol. The molecule has 0 aromatic heterocycles. The van der Waals surface area contributed by atoms with Gasteiger partial charge in [-0.25, -0.2) is 9.59 Å². The van der Waals surface area contributed by atoms with Crippen LogP contribution >= 0.6 is 11.6 Å². The quantitative estimate of drug-likeness (QED) is 0.307. The number of hydrogen-bond acceptors (Lipinski definition) is 6. The molecule has 1 saturated carbocycles. The molecule has 1 saturated heterocycles. The number of benzene rings is 2. The third-order valence-electron chi connectivity index (χ3n) is 8.41. The van der Waals surface area contributed by atoms with Crippen LogP contribution in [0.1, 0.15) is 62.5 Å². The topological polar surface area (TPSA) is 114 Å². The van der Waals surface area contributed by atoms with Gasteiger partial charge < -0.3 is 25.0 Å². The number of hydrogen-bond donors (Lipinski definition) is 2. The normalized spacial score (nSPS) is 18.5. The Morgan fingerprint density at radius 1 is 0.930 bits per heavy atom. The summed E-state index contributed by atoms with van der Waals surface area (Å²) in [5, 5.41) is 6.04. The third-order valence-corrected chi connectivity index (χ3v) is 8.64. The van der Waals surface area contributed by atoms with Gasteiger partial charge in [0.2, 0.25) is 11.8 Å². The molecule has 232 valence electrons. The zero-order valence-electron chi connectivity index (χ0n) is 24.8. The van der Waals surface area contributed by atoms with E-state index in [4.69, 9.17) is 21.1 Å². The molecule has 4 rings (SSSR count). The standard InChI is InChI=1S/C33H42ClN3O6/c1-42-32(40)29(21-26-16-18-37(31(26)39)17-15-23-9-4-2-5-10-23)35-30(38)28(20-24-11-6-3-7-12-24)36-33(41)43-22-25-13-8-14-27(34)19-25/h2,4-5,8-10,13-14,19,24,26,28-29H,3,6-7,11-12,15-18,20-22H2,1H3,(H,35,38)(H,36,41)/t26?,28-,29?/m0/s1. The number of methoxy groups -OCH3 is 1. The summed E-state index contributed by atoms with van der Waals surface area (Å²) in [5.41, 5.74) is 1.88. The van der Waals surface area contributed by atoms with E-state index >= 15 is 0 Å². The number of rotatable bonds is 13. The Labute approximate surface area is 258 Å². The third kappa shape index (κ3) is 9.99. The number of nitrogens with one attached hydrogen (secondary N) is 2. The maximum absolute atomic E-state index is 13.6. The van der Waals surface area contributed by atoms with Gasteiger partial charge in [-0.1, -0.05) is 86.2 Å². The van der Waals surface area contributed by atoms with E-state index in [2.05, 4.69) is 10.6 Å². The Kier molecular flexibility index (Phi) is 12.3. The highest BCUT2D eigenvalue weighted by Gasteiger charge is 2.37. The minimum Gasteiger partial charge on any atom is -0.467 e. The van der Waals surface area contributed by atoms with E-state index in [1.165, 1.54) is 7.11 Å². The lowest BCUT2D eigenvalue weighted by Gasteiger charge is -2.28. The van der Waals surface area contributed by atoms with Crippen LogP contribution in [0.25, 0.3) is 0 Å². The summed E-state index contributed by atoms with van der Waals surface area (Å²) in [5.74, 6) is -1.28. The Morgan fingerprint density at radius 2 is 1.67 bits per heavy atom. The lowest BCUT2D eigenvalue weighted by molar-refractivity contribution is -0.146.